The van der Waals surface area contributed by atoms with E-state index in [0.29, 0.717) is 24.1 Å². The number of nitrogens with two attached hydrogens (primary N) is 2. The van der Waals surface area contributed by atoms with Gasteiger partial charge in [-0.15, -0.1) is 0 Å². The summed E-state index contributed by atoms with van der Waals surface area (Å²) in [5.41, 5.74) is 10.7. The molecule has 0 aliphatic rings. The van der Waals surface area contributed by atoms with E-state index in [-0.39, 0.29) is 6.54 Å². The van der Waals surface area contributed by atoms with Crippen LogP contribution in [0.15, 0.2) is 12.4 Å². The van der Waals surface area contributed by atoms with Crippen LogP contribution in [0.4, 0.5) is 11.6 Å². The zero-order valence-electron chi connectivity index (χ0n) is 9.55. The third-order valence-electron chi connectivity index (χ3n) is 1.90. The lowest BCUT2D eigenvalue weighted by Gasteiger charge is -2.23. The van der Waals surface area contributed by atoms with Crippen LogP contribution in [0.5, 0.6) is 0 Å². The van der Waals surface area contributed by atoms with Crippen molar-refractivity contribution in [1.29, 1.82) is 0 Å². The molecule has 0 aliphatic carbocycles. The number of hydrogen-bond donors (Lipinski definition) is 2. The maximum atomic E-state index is 11.0. The molecule has 0 atom stereocenters. The van der Waals surface area contributed by atoms with E-state index in [2.05, 4.69) is 9.97 Å². The van der Waals surface area contributed by atoms with Crippen molar-refractivity contribution in [2.75, 3.05) is 23.7 Å². The second-order valence-corrected chi connectivity index (χ2v) is 4.04. The minimum absolute atomic E-state index is 0.121. The first-order valence-electron chi connectivity index (χ1n) is 5.10. The van der Waals surface area contributed by atoms with Crippen LogP contribution < -0.4 is 16.4 Å². The average Bonchev–Trinajstić information content (AvgIpc) is 2.15. The highest BCUT2D eigenvalue weighted by Crippen LogP contribution is 2.12. The Morgan fingerprint density at radius 3 is 2.69 bits per heavy atom. The van der Waals surface area contributed by atoms with Crippen molar-refractivity contribution < 1.29 is 4.79 Å². The van der Waals surface area contributed by atoms with Crippen LogP contribution in [0.3, 0.4) is 0 Å². The molecule has 16 heavy (non-hydrogen) atoms. The van der Waals surface area contributed by atoms with Gasteiger partial charge < -0.3 is 16.4 Å². The van der Waals surface area contributed by atoms with Crippen molar-refractivity contribution in [2.45, 2.75) is 13.8 Å². The topological polar surface area (TPSA) is 98.1 Å². The molecule has 0 aromatic carbocycles. The van der Waals surface area contributed by atoms with E-state index in [1.54, 1.807) is 11.1 Å². The Bertz CT molecular complexity index is 366. The molecule has 6 nitrogen and oxygen atoms in total. The Balaban J connectivity index is 2.86. The van der Waals surface area contributed by atoms with Crippen molar-refractivity contribution in [1.82, 2.24) is 9.97 Å². The summed E-state index contributed by atoms with van der Waals surface area (Å²) in [5, 5.41) is 0. The lowest BCUT2D eigenvalue weighted by atomic mass is 10.2. The lowest BCUT2D eigenvalue weighted by molar-refractivity contribution is -0.116. The Morgan fingerprint density at radius 2 is 2.19 bits per heavy atom. The van der Waals surface area contributed by atoms with E-state index < -0.39 is 5.91 Å². The largest absolute Gasteiger partial charge is 0.382 e. The van der Waals surface area contributed by atoms with Crippen molar-refractivity contribution in [3.63, 3.8) is 0 Å². The quantitative estimate of drug-likeness (QED) is 0.732. The predicted octanol–water partition coefficient (Wildman–Crippen LogP) is 0.00650. The lowest BCUT2D eigenvalue weighted by Crippen LogP contribution is -2.36. The smallest absolute Gasteiger partial charge is 0.236 e. The number of carbonyl (C=O) groups excluding carboxylic acids is 1. The van der Waals surface area contributed by atoms with Crippen molar-refractivity contribution in [3.05, 3.63) is 12.4 Å². The van der Waals surface area contributed by atoms with Crippen LogP contribution >= 0.6 is 0 Å². The fourth-order valence-electron chi connectivity index (χ4n) is 1.39. The number of hydrogen-bond acceptors (Lipinski definition) is 5. The summed E-state index contributed by atoms with van der Waals surface area (Å²) in [6.07, 6.45) is 3.03. The highest BCUT2D eigenvalue weighted by Gasteiger charge is 2.12. The maximum absolute atomic E-state index is 11.0. The zero-order valence-corrected chi connectivity index (χ0v) is 9.55. The van der Waals surface area contributed by atoms with Gasteiger partial charge in [0.2, 0.25) is 5.91 Å². The van der Waals surface area contributed by atoms with Gasteiger partial charge in [0.15, 0.2) is 0 Å². The van der Waals surface area contributed by atoms with E-state index >= 15 is 0 Å². The zero-order chi connectivity index (χ0) is 12.1. The van der Waals surface area contributed by atoms with Crippen LogP contribution in [-0.2, 0) is 4.79 Å². The summed E-state index contributed by atoms with van der Waals surface area (Å²) in [6.45, 7) is 4.90. The van der Waals surface area contributed by atoms with E-state index in [9.17, 15) is 4.79 Å². The molecule has 0 spiro atoms. The minimum atomic E-state index is -0.398. The number of nitrogen functional groups attached to an aromatic ring is 1. The monoisotopic (exact) mass is 223 g/mol. The Labute approximate surface area is 94.7 Å². The molecule has 1 rings (SSSR count). The average molecular weight is 223 g/mol. The van der Waals surface area contributed by atoms with E-state index in [1.807, 2.05) is 13.8 Å². The summed E-state index contributed by atoms with van der Waals surface area (Å²) >= 11 is 0. The Hall–Kier alpha value is -1.85. The molecule has 88 valence electrons. The van der Waals surface area contributed by atoms with E-state index in [1.165, 1.54) is 6.20 Å². The van der Waals surface area contributed by atoms with Crippen LogP contribution in [0.1, 0.15) is 13.8 Å². The van der Waals surface area contributed by atoms with Gasteiger partial charge in [0.1, 0.15) is 11.6 Å². The molecular formula is C10H17N5O. The van der Waals surface area contributed by atoms with Crippen LogP contribution in [0, 0.1) is 5.92 Å². The normalized spacial score (nSPS) is 10.4. The number of anilines is 2. The van der Waals surface area contributed by atoms with Gasteiger partial charge in [0.05, 0.1) is 18.9 Å². The molecule has 1 aromatic heterocycles. The molecule has 1 aromatic rings. The summed E-state index contributed by atoms with van der Waals surface area (Å²) in [7, 11) is 0. The molecule has 0 aliphatic heterocycles. The summed E-state index contributed by atoms with van der Waals surface area (Å²) < 4.78 is 0. The third-order valence-corrected chi connectivity index (χ3v) is 1.90. The van der Waals surface area contributed by atoms with Gasteiger partial charge in [-0.25, -0.2) is 4.98 Å². The van der Waals surface area contributed by atoms with E-state index in [4.69, 9.17) is 11.5 Å². The van der Waals surface area contributed by atoms with Crippen molar-refractivity contribution in [3.8, 4) is 0 Å². The van der Waals surface area contributed by atoms with Crippen LogP contribution in [0.25, 0.3) is 0 Å². The number of nitrogens with zero attached hydrogens (tertiary/aromatic N) is 3. The van der Waals surface area contributed by atoms with Gasteiger partial charge in [0.25, 0.3) is 0 Å². The highest BCUT2D eigenvalue weighted by molar-refractivity contribution is 5.79. The first-order chi connectivity index (χ1) is 7.49. The number of carbonyl (C=O) groups is 1. The summed E-state index contributed by atoms with van der Waals surface area (Å²) in [5.74, 6) is 0.899. The molecule has 4 N–H and O–H groups in total. The molecule has 0 bridgehead atoms. The fraction of sp³-hybridized carbons (Fsp3) is 0.500. The number of aromatic nitrogens is 2. The van der Waals surface area contributed by atoms with E-state index in [0.717, 1.165) is 0 Å². The molecular weight excluding hydrogens is 206 g/mol. The van der Waals surface area contributed by atoms with Gasteiger partial charge >= 0.3 is 0 Å². The molecule has 0 fully saturated rings. The highest BCUT2D eigenvalue weighted by atomic mass is 16.1. The predicted molar refractivity (Wildman–Crippen MR) is 62.7 cm³/mol. The van der Waals surface area contributed by atoms with Crippen LogP contribution in [-0.4, -0.2) is 29.0 Å². The minimum Gasteiger partial charge on any atom is -0.382 e. The van der Waals surface area contributed by atoms with Crippen molar-refractivity contribution >= 4 is 17.5 Å². The summed E-state index contributed by atoms with van der Waals surface area (Å²) in [6, 6.07) is 0. The Morgan fingerprint density at radius 1 is 1.50 bits per heavy atom. The number of rotatable bonds is 5. The second-order valence-electron chi connectivity index (χ2n) is 4.04. The molecule has 0 saturated carbocycles. The van der Waals surface area contributed by atoms with Gasteiger partial charge in [-0.05, 0) is 5.92 Å². The molecule has 0 unspecified atom stereocenters. The molecule has 1 amide bonds. The third kappa shape index (κ3) is 3.72. The van der Waals surface area contributed by atoms with Gasteiger partial charge in [0, 0.05) is 6.54 Å². The fourth-order valence-corrected chi connectivity index (χ4v) is 1.39. The van der Waals surface area contributed by atoms with Crippen molar-refractivity contribution in [2.24, 2.45) is 11.7 Å². The molecule has 0 radical (unpaired) electrons. The molecule has 0 saturated heterocycles. The van der Waals surface area contributed by atoms with Gasteiger partial charge in [-0.1, -0.05) is 13.8 Å². The van der Waals surface area contributed by atoms with Gasteiger partial charge in [-0.2, -0.15) is 0 Å². The summed E-state index contributed by atoms with van der Waals surface area (Å²) in [4.78, 5) is 20.8. The first-order valence-corrected chi connectivity index (χ1v) is 5.10. The van der Waals surface area contributed by atoms with Gasteiger partial charge in [-0.3, -0.25) is 9.78 Å². The standard InChI is InChI=1S/C10H17N5O/c1-7(2)5-15(6-9(12)16)10-4-13-3-8(11)14-10/h3-4,7H,5-6H2,1-2H3,(H2,11,14)(H2,12,16). The second kappa shape index (κ2) is 5.29. The molecule has 1 heterocycles. The van der Waals surface area contributed by atoms with Crippen LogP contribution in [0.2, 0.25) is 0 Å². The molecule has 6 heteroatoms. The first kappa shape index (κ1) is 12.2. The maximum Gasteiger partial charge on any atom is 0.236 e. The Kier molecular flexibility index (Phi) is 4.04. The number of amides is 1. The number of primary amides is 1. The SMILES string of the molecule is CC(C)CN(CC(N)=O)c1cncc(N)n1.